The van der Waals surface area contributed by atoms with Crippen molar-refractivity contribution in [3.63, 3.8) is 0 Å². The fraction of sp³-hybridized carbons (Fsp3) is 0.400. The number of carbonyl (C=O) groups excluding carboxylic acids is 1. The minimum absolute atomic E-state index is 0.114. The summed E-state index contributed by atoms with van der Waals surface area (Å²) in [5.41, 5.74) is 1.13. The second-order valence-corrected chi connectivity index (χ2v) is 8.94. The fourth-order valence-corrected chi connectivity index (χ4v) is 5.55. The van der Waals surface area contributed by atoms with Crippen molar-refractivity contribution in [2.24, 2.45) is 17.8 Å². The SMILES string of the molecule is C[C@@H](NC(=O)c1nn(Cc2ccccc2)c(=O)c2ccccc12)[C@H]1C[C@H]2CC[C@H]1C2. The Balaban J connectivity index is 1.47. The number of nitrogens with zero attached hydrogens (tertiary/aromatic N) is 2. The van der Waals surface area contributed by atoms with Gasteiger partial charge in [0.05, 0.1) is 11.9 Å². The molecule has 0 radical (unpaired) electrons. The van der Waals surface area contributed by atoms with E-state index in [9.17, 15) is 9.59 Å². The van der Waals surface area contributed by atoms with E-state index < -0.39 is 0 Å². The molecule has 30 heavy (non-hydrogen) atoms. The first kappa shape index (κ1) is 19.0. The third-order valence-electron chi connectivity index (χ3n) is 7.05. The highest BCUT2D eigenvalue weighted by Crippen LogP contribution is 2.49. The molecular weight excluding hydrogens is 374 g/mol. The Labute approximate surface area is 176 Å². The molecule has 5 heteroatoms. The molecule has 154 valence electrons. The Bertz CT molecular complexity index is 1140. The Hall–Kier alpha value is -2.95. The molecule has 1 heterocycles. The lowest BCUT2D eigenvalue weighted by atomic mass is 9.84. The molecule has 2 aliphatic carbocycles. The Morgan fingerprint density at radius 1 is 1.07 bits per heavy atom. The third kappa shape index (κ3) is 3.42. The summed E-state index contributed by atoms with van der Waals surface area (Å²) in [7, 11) is 0. The number of rotatable bonds is 5. The highest BCUT2D eigenvalue weighted by molar-refractivity contribution is 6.04. The number of hydrogen-bond donors (Lipinski definition) is 1. The van der Waals surface area contributed by atoms with Crippen molar-refractivity contribution in [1.29, 1.82) is 0 Å². The van der Waals surface area contributed by atoms with Crippen LogP contribution in [-0.4, -0.2) is 21.7 Å². The number of hydrogen-bond acceptors (Lipinski definition) is 3. The number of nitrogens with one attached hydrogen (secondary N) is 1. The summed E-state index contributed by atoms with van der Waals surface area (Å²) in [6, 6.07) is 17.1. The van der Waals surface area contributed by atoms with Gasteiger partial charge in [-0.2, -0.15) is 5.10 Å². The van der Waals surface area contributed by atoms with Crippen LogP contribution in [0, 0.1) is 17.8 Å². The number of amides is 1. The molecule has 1 N–H and O–H groups in total. The molecule has 0 aliphatic heterocycles. The fourth-order valence-electron chi connectivity index (χ4n) is 5.55. The second kappa shape index (κ2) is 7.71. The number of fused-ring (bicyclic) bond motifs is 3. The van der Waals surface area contributed by atoms with Gasteiger partial charge in [0.25, 0.3) is 11.5 Å². The first-order valence-corrected chi connectivity index (χ1v) is 10.9. The van der Waals surface area contributed by atoms with Crippen molar-refractivity contribution in [2.75, 3.05) is 0 Å². The molecule has 2 bridgehead atoms. The van der Waals surface area contributed by atoms with Crippen LogP contribution in [0.1, 0.15) is 48.7 Å². The van der Waals surface area contributed by atoms with Gasteiger partial charge in [0.1, 0.15) is 0 Å². The lowest BCUT2D eigenvalue weighted by Gasteiger charge is -2.28. The first-order valence-electron chi connectivity index (χ1n) is 10.9. The largest absolute Gasteiger partial charge is 0.348 e. The molecule has 1 amide bonds. The topological polar surface area (TPSA) is 64.0 Å². The molecule has 2 saturated carbocycles. The first-order chi connectivity index (χ1) is 14.6. The van der Waals surface area contributed by atoms with Crippen molar-refractivity contribution in [1.82, 2.24) is 15.1 Å². The lowest BCUT2D eigenvalue weighted by molar-refractivity contribution is 0.0909. The number of carbonyl (C=O) groups is 1. The maximum absolute atomic E-state index is 13.3. The summed E-state index contributed by atoms with van der Waals surface area (Å²) in [6.07, 6.45) is 5.17. The molecule has 5 rings (SSSR count). The Morgan fingerprint density at radius 3 is 2.50 bits per heavy atom. The Kier molecular flexibility index (Phi) is 4.89. The van der Waals surface area contributed by atoms with Gasteiger partial charge in [-0.3, -0.25) is 9.59 Å². The van der Waals surface area contributed by atoms with Crippen molar-refractivity contribution in [3.05, 3.63) is 76.2 Å². The third-order valence-corrected chi connectivity index (χ3v) is 7.05. The van der Waals surface area contributed by atoms with Crippen LogP contribution in [-0.2, 0) is 6.54 Å². The van der Waals surface area contributed by atoms with E-state index in [1.807, 2.05) is 48.5 Å². The molecule has 3 aromatic rings. The van der Waals surface area contributed by atoms with Crippen LogP contribution in [0.3, 0.4) is 0 Å². The average molecular weight is 402 g/mol. The molecule has 0 unspecified atom stereocenters. The van der Waals surface area contributed by atoms with Crippen LogP contribution in [0.25, 0.3) is 10.8 Å². The monoisotopic (exact) mass is 401 g/mol. The smallest absolute Gasteiger partial charge is 0.274 e. The van der Waals surface area contributed by atoms with Crippen LogP contribution in [0.15, 0.2) is 59.4 Å². The van der Waals surface area contributed by atoms with Gasteiger partial charge in [0.2, 0.25) is 0 Å². The highest BCUT2D eigenvalue weighted by Gasteiger charge is 2.42. The average Bonchev–Trinajstić information content (AvgIpc) is 3.40. The Morgan fingerprint density at radius 2 is 1.80 bits per heavy atom. The zero-order valence-electron chi connectivity index (χ0n) is 17.3. The van der Waals surface area contributed by atoms with Gasteiger partial charge >= 0.3 is 0 Å². The van der Waals surface area contributed by atoms with Crippen LogP contribution in [0.4, 0.5) is 0 Å². The van der Waals surface area contributed by atoms with E-state index in [1.54, 1.807) is 6.07 Å². The summed E-state index contributed by atoms with van der Waals surface area (Å²) in [5.74, 6) is 1.94. The summed E-state index contributed by atoms with van der Waals surface area (Å²) in [6.45, 7) is 2.46. The number of aromatic nitrogens is 2. The molecule has 2 aromatic carbocycles. The van der Waals surface area contributed by atoms with Gasteiger partial charge in [-0.25, -0.2) is 4.68 Å². The molecule has 4 atom stereocenters. The van der Waals surface area contributed by atoms with Crippen molar-refractivity contribution < 1.29 is 4.79 Å². The standard InChI is InChI=1S/C25H27N3O2/c1-16(22-14-18-11-12-19(22)13-18)26-24(29)23-20-9-5-6-10-21(20)25(30)28(27-23)15-17-7-3-2-4-8-17/h2-10,16,18-19,22H,11-15H2,1H3,(H,26,29)/t16-,18+,19+,22-/m1/s1. The number of benzene rings is 2. The van der Waals surface area contributed by atoms with E-state index in [0.717, 1.165) is 17.4 Å². The summed E-state index contributed by atoms with van der Waals surface area (Å²) < 4.78 is 1.41. The van der Waals surface area contributed by atoms with Crippen molar-refractivity contribution >= 4 is 16.7 Å². The van der Waals surface area contributed by atoms with Crippen LogP contribution in [0.5, 0.6) is 0 Å². The highest BCUT2D eigenvalue weighted by atomic mass is 16.2. The summed E-state index contributed by atoms with van der Waals surface area (Å²) in [4.78, 5) is 26.3. The normalized spacial score (nSPS) is 23.6. The van der Waals surface area contributed by atoms with Gasteiger partial charge in [0.15, 0.2) is 5.69 Å². The molecule has 1 aromatic heterocycles. The predicted octanol–water partition coefficient (Wildman–Crippen LogP) is 4.00. The van der Waals surface area contributed by atoms with Gasteiger partial charge in [-0.15, -0.1) is 0 Å². The van der Waals surface area contributed by atoms with Crippen LogP contribution < -0.4 is 10.9 Å². The van der Waals surface area contributed by atoms with E-state index in [-0.39, 0.29) is 17.5 Å². The van der Waals surface area contributed by atoms with E-state index in [0.29, 0.717) is 28.9 Å². The van der Waals surface area contributed by atoms with Gasteiger partial charge < -0.3 is 5.32 Å². The van der Waals surface area contributed by atoms with Gasteiger partial charge in [-0.1, -0.05) is 55.0 Å². The molecule has 2 aliphatic rings. The molecule has 5 nitrogen and oxygen atoms in total. The van der Waals surface area contributed by atoms with Crippen LogP contribution in [0.2, 0.25) is 0 Å². The lowest BCUT2D eigenvalue weighted by Crippen LogP contribution is -2.41. The molecule has 0 spiro atoms. The maximum Gasteiger partial charge on any atom is 0.274 e. The quantitative estimate of drug-likeness (QED) is 0.703. The molecular formula is C25H27N3O2. The van der Waals surface area contributed by atoms with E-state index in [1.165, 1.54) is 30.4 Å². The predicted molar refractivity (Wildman–Crippen MR) is 117 cm³/mol. The summed E-state index contributed by atoms with van der Waals surface area (Å²) >= 11 is 0. The minimum Gasteiger partial charge on any atom is -0.348 e. The molecule has 2 fully saturated rings. The van der Waals surface area contributed by atoms with E-state index in [4.69, 9.17) is 0 Å². The van der Waals surface area contributed by atoms with Crippen LogP contribution >= 0.6 is 0 Å². The molecule has 0 saturated heterocycles. The zero-order chi connectivity index (χ0) is 20.7. The van der Waals surface area contributed by atoms with Crippen molar-refractivity contribution in [2.45, 2.75) is 45.2 Å². The second-order valence-electron chi connectivity index (χ2n) is 8.94. The van der Waals surface area contributed by atoms with Crippen molar-refractivity contribution in [3.8, 4) is 0 Å². The maximum atomic E-state index is 13.3. The summed E-state index contributed by atoms with van der Waals surface area (Å²) in [5, 5.41) is 8.87. The van der Waals surface area contributed by atoms with Gasteiger partial charge in [0, 0.05) is 11.4 Å². The zero-order valence-corrected chi connectivity index (χ0v) is 17.3. The van der Waals surface area contributed by atoms with E-state index in [2.05, 4.69) is 17.3 Å². The van der Waals surface area contributed by atoms with E-state index >= 15 is 0 Å². The van der Waals surface area contributed by atoms with Gasteiger partial charge in [-0.05, 0) is 55.6 Å². The minimum atomic E-state index is -0.191.